The molecule has 6 nitrogen and oxygen atoms in total. The molecule has 158 valence electrons. The van der Waals surface area contributed by atoms with Crippen LogP contribution in [0.4, 0.5) is 0 Å². The third kappa shape index (κ3) is 4.21. The third-order valence-corrected chi connectivity index (χ3v) is 6.11. The van der Waals surface area contributed by atoms with Crippen LogP contribution >= 0.6 is 11.6 Å². The lowest BCUT2D eigenvalue weighted by molar-refractivity contribution is 0.0561. The molecule has 1 N–H and O–H groups in total. The monoisotopic (exact) mass is 426 g/mol. The van der Waals surface area contributed by atoms with E-state index < -0.39 is 6.10 Å². The molecule has 3 aromatic rings. The molecule has 1 aliphatic rings. The Kier molecular flexibility index (Phi) is 6.09. The smallest absolute Gasteiger partial charge is 0.273 e. The molecular formula is C23H27ClN4O2. The van der Waals surface area contributed by atoms with Crippen LogP contribution in [0, 0.1) is 5.92 Å². The fourth-order valence-electron chi connectivity index (χ4n) is 4.16. The van der Waals surface area contributed by atoms with Crippen molar-refractivity contribution in [3.63, 3.8) is 0 Å². The Morgan fingerprint density at radius 1 is 1.20 bits per heavy atom. The Bertz CT molecular complexity index is 1030. The molecule has 1 atom stereocenters. The van der Waals surface area contributed by atoms with Gasteiger partial charge in [-0.15, -0.1) is 0 Å². The minimum atomic E-state index is -0.436. The van der Waals surface area contributed by atoms with Crippen molar-refractivity contribution in [3.05, 3.63) is 70.6 Å². The first-order valence-electron chi connectivity index (χ1n) is 10.3. The Labute approximate surface area is 181 Å². The van der Waals surface area contributed by atoms with Crippen molar-refractivity contribution in [3.8, 4) is 0 Å². The molecule has 1 amide bonds. The fraction of sp³-hybridized carbons (Fsp3) is 0.391. The van der Waals surface area contributed by atoms with Gasteiger partial charge in [0, 0.05) is 26.8 Å². The van der Waals surface area contributed by atoms with Gasteiger partial charge in [-0.25, -0.2) is 4.98 Å². The zero-order valence-electron chi connectivity index (χ0n) is 17.3. The number of aromatic nitrogens is 2. The average Bonchev–Trinajstić information content (AvgIpc) is 3.11. The predicted octanol–water partition coefficient (Wildman–Crippen LogP) is 3.64. The minimum Gasteiger partial charge on any atom is -0.388 e. The largest absolute Gasteiger partial charge is 0.388 e. The van der Waals surface area contributed by atoms with Gasteiger partial charge in [0.2, 0.25) is 0 Å². The number of rotatable bonds is 5. The summed E-state index contributed by atoms with van der Waals surface area (Å²) in [4.78, 5) is 21.2. The van der Waals surface area contributed by atoms with E-state index in [9.17, 15) is 9.90 Å². The molecule has 30 heavy (non-hydrogen) atoms. The number of carbonyl (C=O) groups excluding carboxylic acids is 1. The van der Waals surface area contributed by atoms with Crippen molar-refractivity contribution < 1.29 is 9.90 Å². The molecule has 1 aromatic carbocycles. The third-order valence-electron chi connectivity index (χ3n) is 5.88. The van der Waals surface area contributed by atoms with Crippen LogP contribution in [-0.2, 0) is 6.54 Å². The molecule has 1 aliphatic heterocycles. The second-order valence-electron chi connectivity index (χ2n) is 8.15. The molecule has 1 fully saturated rings. The molecule has 7 heteroatoms. The number of halogens is 1. The van der Waals surface area contributed by atoms with Crippen molar-refractivity contribution in [2.24, 2.45) is 5.92 Å². The molecule has 0 aliphatic carbocycles. The Hall–Kier alpha value is -2.41. The van der Waals surface area contributed by atoms with Gasteiger partial charge < -0.3 is 14.4 Å². The van der Waals surface area contributed by atoms with Gasteiger partial charge in [-0.2, -0.15) is 0 Å². The van der Waals surface area contributed by atoms with E-state index in [1.54, 1.807) is 25.1 Å². The van der Waals surface area contributed by atoms with Crippen molar-refractivity contribution in [1.82, 2.24) is 19.2 Å². The number of benzene rings is 1. The Balaban J connectivity index is 1.52. The fourth-order valence-corrected chi connectivity index (χ4v) is 4.32. The van der Waals surface area contributed by atoms with Crippen LogP contribution in [0.25, 0.3) is 5.65 Å². The number of aliphatic hydroxyl groups excluding tert-OH is 1. The lowest BCUT2D eigenvalue weighted by Gasteiger charge is -2.34. The number of carbonyl (C=O) groups is 1. The summed E-state index contributed by atoms with van der Waals surface area (Å²) in [7, 11) is 3.47. The number of hydrogen-bond acceptors (Lipinski definition) is 4. The molecule has 4 rings (SSSR count). The number of nitrogens with zero attached hydrogens (tertiary/aromatic N) is 4. The predicted molar refractivity (Wildman–Crippen MR) is 118 cm³/mol. The van der Waals surface area contributed by atoms with Gasteiger partial charge in [-0.05, 0) is 49.5 Å². The number of amides is 1. The van der Waals surface area contributed by atoms with E-state index in [0.717, 1.165) is 37.2 Å². The number of likely N-dealkylation sites (tertiary alicyclic amines) is 1. The highest BCUT2D eigenvalue weighted by atomic mass is 35.5. The summed E-state index contributed by atoms with van der Waals surface area (Å²) in [5, 5.41) is 11.3. The van der Waals surface area contributed by atoms with Crippen LogP contribution in [0.1, 0.15) is 40.7 Å². The summed E-state index contributed by atoms with van der Waals surface area (Å²) in [5.41, 5.74) is 3.02. The van der Waals surface area contributed by atoms with Crippen molar-refractivity contribution in [1.29, 1.82) is 0 Å². The molecule has 0 spiro atoms. The number of pyridine rings is 1. The van der Waals surface area contributed by atoms with Gasteiger partial charge in [0.1, 0.15) is 5.65 Å². The van der Waals surface area contributed by atoms with E-state index in [-0.39, 0.29) is 11.8 Å². The molecule has 3 heterocycles. The molecule has 0 saturated carbocycles. The highest BCUT2D eigenvalue weighted by molar-refractivity contribution is 6.30. The van der Waals surface area contributed by atoms with E-state index >= 15 is 0 Å². The van der Waals surface area contributed by atoms with Crippen LogP contribution in [0.5, 0.6) is 0 Å². The van der Waals surface area contributed by atoms with Crippen LogP contribution < -0.4 is 0 Å². The zero-order valence-corrected chi connectivity index (χ0v) is 18.1. The van der Waals surface area contributed by atoms with E-state index in [4.69, 9.17) is 11.6 Å². The molecule has 0 radical (unpaired) electrons. The van der Waals surface area contributed by atoms with Gasteiger partial charge in [0.15, 0.2) is 5.69 Å². The highest BCUT2D eigenvalue weighted by Crippen LogP contribution is 2.31. The van der Waals surface area contributed by atoms with Crippen molar-refractivity contribution in [2.45, 2.75) is 25.5 Å². The number of hydrogen-bond donors (Lipinski definition) is 1. The second kappa shape index (κ2) is 8.76. The van der Waals surface area contributed by atoms with E-state index in [0.29, 0.717) is 22.9 Å². The lowest BCUT2D eigenvalue weighted by Crippen LogP contribution is -2.36. The topological polar surface area (TPSA) is 61.1 Å². The first-order valence-corrected chi connectivity index (χ1v) is 10.7. The first-order chi connectivity index (χ1) is 14.4. The van der Waals surface area contributed by atoms with Crippen LogP contribution in [0.2, 0.25) is 5.02 Å². The second-order valence-corrected chi connectivity index (χ2v) is 8.59. The van der Waals surface area contributed by atoms with Gasteiger partial charge in [-0.3, -0.25) is 9.69 Å². The van der Waals surface area contributed by atoms with Crippen LogP contribution in [0.3, 0.4) is 0 Å². The summed E-state index contributed by atoms with van der Waals surface area (Å²) >= 11 is 6.21. The average molecular weight is 427 g/mol. The maximum absolute atomic E-state index is 12.7. The van der Waals surface area contributed by atoms with Gasteiger partial charge in [0.05, 0.1) is 16.8 Å². The standard InChI is InChI=1S/C23H27ClN4O2/c1-26(2)23(30)21-19(28-14-18(24)8-9-20(28)25-21)15-27-12-10-17(11-13-27)22(29)16-6-4-3-5-7-16/h3-9,14,17,22,29H,10-13,15H2,1-2H3/t22-/m1/s1. The highest BCUT2D eigenvalue weighted by Gasteiger charge is 2.28. The van der Waals surface area contributed by atoms with Crippen LogP contribution in [-0.4, -0.2) is 57.4 Å². The molecule has 1 saturated heterocycles. The quantitative estimate of drug-likeness (QED) is 0.676. The van der Waals surface area contributed by atoms with Gasteiger partial charge >= 0.3 is 0 Å². The van der Waals surface area contributed by atoms with Gasteiger partial charge in [-0.1, -0.05) is 41.9 Å². The lowest BCUT2D eigenvalue weighted by atomic mass is 9.87. The molecule has 0 unspecified atom stereocenters. The summed E-state index contributed by atoms with van der Waals surface area (Å²) in [6, 6.07) is 13.5. The number of aliphatic hydroxyl groups is 1. The van der Waals surface area contributed by atoms with Crippen molar-refractivity contribution >= 4 is 23.2 Å². The Morgan fingerprint density at radius 2 is 1.90 bits per heavy atom. The van der Waals surface area contributed by atoms with E-state index in [1.807, 2.05) is 47.0 Å². The van der Waals surface area contributed by atoms with E-state index in [1.165, 1.54) is 0 Å². The molecule has 2 aromatic heterocycles. The number of imidazole rings is 1. The normalized spacial score (nSPS) is 16.7. The summed E-state index contributed by atoms with van der Waals surface area (Å²) in [6.45, 7) is 2.33. The maximum Gasteiger partial charge on any atom is 0.273 e. The summed E-state index contributed by atoms with van der Waals surface area (Å²) in [5.74, 6) is 0.127. The number of piperidine rings is 1. The van der Waals surface area contributed by atoms with Crippen LogP contribution in [0.15, 0.2) is 48.7 Å². The minimum absolute atomic E-state index is 0.112. The zero-order chi connectivity index (χ0) is 21.3. The Morgan fingerprint density at radius 3 is 2.57 bits per heavy atom. The van der Waals surface area contributed by atoms with E-state index in [2.05, 4.69) is 9.88 Å². The maximum atomic E-state index is 12.7. The summed E-state index contributed by atoms with van der Waals surface area (Å²) < 4.78 is 1.92. The molecule has 0 bridgehead atoms. The van der Waals surface area contributed by atoms with Crippen molar-refractivity contribution in [2.75, 3.05) is 27.2 Å². The number of fused-ring (bicyclic) bond motifs is 1. The molecular weight excluding hydrogens is 400 g/mol. The van der Waals surface area contributed by atoms with Gasteiger partial charge in [0.25, 0.3) is 5.91 Å². The first kappa shape index (κ1) is 20.8. The summed E-state index contributed by atoms with van der Waals surface area (Å²) in [6.07, 6.45) is 3.20. The SMILES string of the molecule is CN(C)C(=O)c1nc2ccc(Cl)cn2c1CN1CCC([C@H](O)c2ccccc2)CC1.